The van der Waals surface area contributed by atoms with E-state index in [-0.39, 0.29) is 17.3 Å². The average molecular weight is 520 g/mol. The Morgan fingerprint density at radius 3 is 2.38 bits per heavy atom. The van der Waals surface area contributed by atoms with Crippen LogP contribution in [0.15, 0.2) is 57.9 Å². The molecule has 0 heterocycles. The summed E-state index contributed by atoms with van der Waals surface area (Å²) in [7, 11) is -2.21. The minimum absolute atomic E-state index is 0.101. The van der Waals surface area contributed by atoms with Gasteiger partial charge in [-0.15, -0.1) is 0 Å². The molecule has 3 atom stereocenters. The first kappa shape index (κ1) is 23.5. The molecule has 1 N–H and O–H groups in total. The predicted octanol–water partition coefficient (Wildman–Crippen LogP) is 5.07. The summed E-state index contributed by atoms with van der Waals surface area (Å²) < 4.78 is 28.2. The minimum atomic E-state index is -3.77. The summed E-state index contributed by atoms with van der Waals surface area (Å²) in [6.07, 6.45) is 3.64. The van der Waals surface area contributed by atoms with Crippen molar-refractivity contribution in [3.63, 3.8) is 0 Å². The fourth-order valence-electron chi connectivity index (χ4n) is 5.27. The van der Waals surface area contributed by atoms with Gasteiger partial charge >= 0.3 is 0 Å². The second kappa shape index (κ2) is 8.92. The van der Waals surface area contributed by atoms with Crippen molar-refractivity contribution in [3.8, 4) is 0 Å². The van der Waals surface area contributed by atoms with Gasteiger partial charge in [0.1, 0.15) is 0 Å². The molecule has 3 fully saturated rings. The van der Waals surface area contributed by atoms with Crippen LogP contribution in [0.5, 0.6) is 0 Å². The van der Waals surface area contributed by atoms with Crippen molar-refractivity contribution in [3.05, 3.63) is 64.1 Å². The molecule has 0 aromatic heterocycles. The fourth-order valence-corrected chi connectivity index (χ4v) is 7.37. The molecule has 0 aliphatic heterocycles. The molecule has 0 radical (unpaired) electrons. The first-order valence-electron chi connectivity index (χ1n) is 11.2. The van der Waals surface area contributed by atoms with Crippen molar-refractivity contribution in [2.45, 2.75) is 44.6 Å². The molecule has 0 saturated heterocycles. The van der Waals surface area contributed by atoms with Crippen LogP contribution in [0, 0.1) is 23.2 Å². The molecule has 1 amide bonds. The third kappa shape index (κ3) is 4.52. The van der Waals surface area contributed by atoms with E-state index in [0.717, 1.165) is 30.2 Å². The number of fused-ring (bicyclic) bond motifs is 2. The van der Waals surface area contributed by atoms with Crippen LogP contribution >= 0.6 is 15.9 Å². The fraction of sp³-hybridized carbons (Fsp3) is 0.480. The molecule has 0 spiro atoms. The van der Waals surface area contributed by atoms with Crippen LogP contribution in [-0.4, -0.2) is 32.2 Å². The standard InChI is InChI=1S/C25H31BrN2O3S/c1-25(2)20-11-18(12-21(25)14-20)15-27-24(29)19-9-10-22(26)23(13-19)32(30,31)28(3)16-17-7-5-4-6-8-17/h4-10,13,18,20-21H,11-12,14-16H2,1-3H3,(H,27,29)/t18?,20-,21+. The Bertz CT molecular complexity index is 1090. The summed E-state index contributed by atoms with van der Waals surface area (Å²) in [6.45, 7) is 5.62. The first-order chi connectivity index (χ1) is 15.1. The van der Waals surface area contributed by atoms with Crippen molar-refractivity contribution in [1.29, 1.82) is 0 Å². The predicted molar refractivity (Wildman–Crippen MR) is 130 cm³/mol. The van der Waals surface area contributed by atoms with Gasteiger partial charge in [-0.25, -0.2) is 8.42 Å². The number of hydrogen-bond donors (Lipinski definition) is 1. The largest absolute Gasteiger partial charge is 0.352 e. The molecular weight excluding hydrogens is 488 g/mol. The summed E-state index contributed by atoms with van der Waals surface area (Å²) in [6, 6.07) is 14.2. The molecule has 7 heteroatoms. The van der Waals surface area contributed by atoms with E-state index in [1.54, 1.807) is 19.2 Å². The van der Waals surface area contributed by atoms with Crippen molar-refractivity contribution in [2.75, 3.05) is 13.6 Å². The quantitative estimate of drug-likeness (QED) is 0.556. The summed E-state index contributed by atoms with van der Waals surface area (Å²) in [5, 5.41) is 3.04. The van der Waals surface area contributed by atoms with E-state index < -0.39 is 10.0 Å². The first-order valence-corrected chi connectivity index (χ1v) is 13.4. The number of benzene rings is 2. The molecule has 3 aliphatic carbocycles. The van der Waals surface area contributed by atoms with Crippen LogP contribution < -0.4 is 5.32 Å². The third-order valence-corrected chi connectivity index (χ3v) is 10.4. The lowest BCUT2D eigenvalue weighted by Crippen LogP contribution is -2.52. The smallest absolute Gasteiger partial charge is 0.251 e. The van der Waals surface area contributed by atoms with E-state index in [4.69, 9.17) is 0 Å². The van der Waals surface area contributed by atoms with Gasteiger partial charge in [-0.1, -0.05) is 44.2 Å². The molecule has 2 aromatic carbocycles. The molecule has 2 aromatic rings. The number of hydrogen-bond acceptors (Lipinski definition) is 3. The average Bonchev–Trinajstić information content (AvgIpc) is 2.78. The van der Waals surface area contributed by atoms with Crippen LogP contribution in [0.2, 0.25) is 0 Å². The van der Waals surface area contributed by atoms with Crippen LogP contribution in [0.3, 0.4) is 0 Å². The zero-order valence-electron chi connectivity index (χ0n) is 18.8. The number of sulfonamides is 1. The second-order valence-corrected chi connectivity index (χ2v) is 12.8. The molecular formula is C25H31BrN2O3S. The Balaban J connectivity index is 1.43. The van der Waals surface area contributed by atoms with Crippen molar-refractivity contribution in [2.24, 2.45) is 23.2 Å². The molecule has 1 unspecified atom stereocenters. The maximum absolute atomic E-state index is 13.2. The molecule has 3 saturated carbocycles. The van der Waals surface area contributed by atoms with E-state index in [9.17, 15) is 13.2 Å². The number of nitrogens with zero attached hydrogens (tertiary/aromatic N) is 1. The Kier molecular flexibility index (Phi) is 6.54. The van der Waals surface area contributed by atoms with E-state index in [1.165, 1.54) is 16.8 Å². The van der Waals surface area contributed by atoms with Gasteiger partial charge < -0.3 is 5.32 Å². The van der Waals surface area contributed by atoms with E-state index in [1.807, 2.05) is 30.3 Å². The highest BCUT2D eigenvalue weighted by Crippen LogP contribution is 2.60. The van der Waals surface area contributed by atoms with E-state index in [2.05, 4.69) is 35.1 Å². The van der Waals surface area contributed by atoms with E-state index in [0.29, 0.717) is 27.9 Å². The lowest BCUT2D eigenvalue weighted by molar-refractivity contribution is -0.0887. The van der Waals surface area contributed by atoms with Crippen LogP contribution in [0.4, 0.5) is 0 Å². The minimum Gasteiger partial charge on any atom is -0.352 e. The van der Waals surface area contributed by atoms with Gasteiger partial charge in [0.05, 0.1) is 4.90 Å². The van der Waals surface area contributed by atoms with Gasteiger partial charge in [-0.2, -0.15) is 4.31 Å². The summed E-state index contributed by atoms with van der Waals surface area (Å²) in [5.41, 5.74) is 1.71. The van der Waals surface area contributed by atoms with Crippen molar-refractivity contribution < 1.29 is 13.2 Å². The van der Waals surface area contributed by atoms with Gasteiger partial charge in [-0.05, 0) is 82.1 Å². The van der Waals surface area contributed by atoms with Crippen LogP contribution in [0.25, 0.3) is 0 Å². The third-order valence-electron chi connectivity index (χ3n) is 7.59. The van der Waals surface area contributed by atoms with Crippen LogP contribution in [0.1, 0.15) is 49.0 Å². The zero-order valence-corrected chi connectivity index (χ0v) is 21.2. The molecule has 5 nitrogen and oxygen atoms in total. The number of nitrogens with one attached hydrogen (secondary N) is 1. The van der Waals surface area contributed by atoms with Crippen molar-refractivity contribution >= 4 is 31.9 Å². The Morgan fingerprint density at radius 2 is 1.75 bits per heavy atom. The maximum atomic E-state index is 13.2. The number of rotatable bonds is 7. The normalized spacial score (nSPS) is 24.1. The Hall–Kier alpha value is -1.70. The Morgan fingerprint density at radius 1 is 1.09 bits per heavy atom. The monoisotopic (exact) mass is 518 g/mol. The number of carbonyl (C=O) groups excluding carboxylic acids is 1. The number of carbonyl (C=O) groups is 1. The lowest BCUT2D eigenvalue weighted by Gasteiger charge is -2.59. The highest BCUT2D eigenvalue weighted by molar-refractivity contribution is 9.10. The van der Waals surface area contributed by atoms with Gasteiger partial charge in [-0.3, -0.25) is 4.79 Å². The highest BCUT2D eigenvalue weighted by Gasteiger charge is 2.52. The SMILES string of the molecule is CN(Cc1ccccc1)S(=O)(=O)c1cc(C(=O)NCC2C[C@@H]3C[C@H](C2)C3(C)C)ccc1Br. The molecule has 3 aliphatic rings. The zero-order chi connectivity index (χ0) is 23.1. The number of amides is 1. The van der Waals surface area contributed by atoms with Crippen LogP contribution in [-0.2, 0) is 16.6 Å². The van der Waals surface area contributed by atoms with Gasteiger partial charge in [0.2, 0.25) is 10.0 Å². The number of halogens is 1. The molecule has 5 rings (SSSR count). The molecule has 32 heavy (non-hydrogen) atoms. The highest BCUT2D eigenvalue weighted by atomic mass is 79.9. The maximum Gasteiger partial charge on any atom is 0.251 e. The van der Waals surface area contributed by atoms with E-state index >= 15 is 0 Å². The second-order valence-electron chi connectivity index (χ2n) is 9.89. The van der Waals surface area contributed by atoms with Gasteiger partial charge in [0, 0.05) is 30.2 Å². The topological polar surface area (TPSA) is 66.5 Å². The summed E-state index contributed by atoms with van der Waals surface area (Å²) in [5.74, 6) is 1.80. The van der Waals surface area contributed by atoms with Gasteiger partial charge in [0.15, 0.2) is 0 Å². The van der Waals surface area contributed by atoms with Crippen molar-refractivity contribution in [1.82, 2.24) is 9.62 Å². The Labute approximate surface area is 199 Å². The summed E-state index contributed by atoms with van der Waals surface area (Å²) in [4.78, 5) is 12.9. The lowest BCUT2D eigenvalue weighted by atomic mass is 9.47. The molecule has 172 valence electrons. The van der Waals surface area contributed by atoms with Gasteiger partial charge in [0.25, 0.3) is 5.91 Å². The summed E-state index contributed by atoms with van der Waals surface area (Å²) >= 11 is 3.36. The molecule has 2 bridgehead atoms.